The molecular formula is C22H21F2N3O. The average molecular weight is 381 g/mol. The van der Waals surface area contributed by atoms with Crippen molar-refractivity contribution in [2.45, 2.75) is 33.7 Å². The van der Waals surface area contributed by atoms with Crippen LogP contribution < -0.4 is 5.56 Å². The van der Waals surface area contributed by atoms with Crippen molar-refractivity contribution in [3.63, 3.8) is 0 Å². The number of pyridine rings is 1. The zero-order valence-electron chi connectivity index (χ0n) is 16.0. The van der Waals surface area contributed by atoms with Crippen molar-refractivity contribution in [2.24, 2.45) is 5.92 Å². The molecule has 0 unspecified atom stereocenters. The van der Waals surface area contributed by atoms with E-state index in [2.05, 4.69) is 23.4 Å². The van der Waals surface area contributed by atoms with E-state index < -0.39 is 17.2 Å². The van der Waals surface area contributed by atoms with Gasteiger partial charge >= 0.3 is 0 Å². The highest BCUT2D eigenvalue weighted by Gasteiger charge is 2.17. The van der Waals surface area contributed by atoms with Gasteiger partial charge in [-0.05, 0) is 42.2 Å². The van der Waals surface area contributed by atoms with Gasteiger partial charge in [0, 0.05) is 17.9 Å². The lowest BCUT2D eigenvalue weighted by Crippen LogP contribution is -2.13. The van der Waals surface area contributed by atoms with E-state index >= 15 is 0 Å². The Labute approximate surface area is 160 Å². The highest BCUT2D eigenvalue weighted by molar-refractivity contribution is 5.83. The summed E-state index contributed by atoms with van der Waals surface area (Å²) in [5.41, 5.74) is 3.02. The van der Waals surface area contributed by atoms with Crippen LogP contribution in [0.3, 0.4) is 0 Å². The van der Waals surface area contributed by atoms with E-state index in [1.165, 1.54) is 12.1 Å². The van der Waals surface area contributed by atoms with Gasteiger partial charge in [-0.1, -0.05) is 26.0 Å². The molecule has 0 aliphatic carbocycles. The smallest absolute Gasteiger partial charge is 0.248 e. The monoisotopic (exact) mass is 381 g/mol. The zero-order valence-corrected chi connectivity index (χ0v) is 16.0. The molecule has 0 spiro atoms. The number of halogens is 2. The lowest BCUT2D eigenvalue weighted by atomic mass is 10.1. The molecule has 4 nitrogen and oxygen atoms in total. The summed E-state index contributed by atoms with van der Waals surface area (Å²) in [6.45, 7) is 6.61. The molecular weight excluding hydrogens is 360 g/mol. The highest BCUT2D eigenvalue weighted by atomic mass is 19.2. The van der Waals surface area contributed by atoms with Gasteiger partial charge in [-0.2, -0.15) is 0 Å². The van der Waals surface area contributed by atoms with E-state index in [1.807, 2.05) is 25.1 Å². The summed E-state index contributed by atoms with van der Waals surface area (Å²) in [5.74, 6) is -0.705. The number of nitrogens with one attached hydrogen (secondary N) is 1. The van der Waals surface area contributed by atoms with E-state index in [4.69, 9.17) is 4.98 Å². The Balaban J connectivity index is 1.95. The van der Waals surface area contributed by atoms with E-state index in [-0.39, 0.29) is 5.52 Å². The quantitative estimate of drug-likeness (QED) is 0.557. The van der Waals surface area contributed by atoms with Crippen LogP contribution in [0.1, 0.15) is 30.8 Å². The van der Waals surface area contributed by atoms with Crippen LogP contribution in [0.4, 0.5) is 8.78 Å². The summed E-state index contributed by atoms with van der Waals surface area (Å²) in [5, 5.41) is 0.489. The van der Waals surface area contributed by atoms with Gasteiger partial charge in [-0.25, -0.2) is 13.8 Å². The van der Waals surface area contributed by atoms with Gasteiger partial charge in [-0.15, -0.1) is 0 Å². The molecule has 0 fully saturated rings. The number of hydrogen-bond acceptors (Lipinski definition) is 2. The van der Waals surface area contributed by atoms with Crippen molar-refractivity contribution in [3.05, 3.63) is 75.3 Å². The standard InChI is InChI=1S/C22H21F2N3O/c1-12(2)9-18-25-21-13(3)5-4-6-17(21)27(18)11-14-10-19(28)26-22-15(14)7-8-16(23)20(22)24/h4-8,10,12H,9,11H2,1-3H3,(H,26,28). The fourth-order valence-corrected chi connectivity index (χ4v) is 3.67. The Morgan fingerprint density at radius 2 is 1.96 bits per heavy atom. The molecule has 0 amide bonds. The first-order valence-corrected chi connectivity index (χ1v) is 9.29. The molecule has 0 saturated carbocycles. The minimum Gasteiger partial charge on any atom is -0.323 e. The van der Waals surface area contributed by atoms with Crippen molar-refractivity contribution in [2.75, 3.05) is 0 Å². The molecule has 0 atom stereocenters. The number of rotatable bonds is 4. The Bertz CT molecular complexity index is 1250. The number of hydrogen-bond donors (Lipinski definition) is 1. The van der Waals surface area contributed by atoms with Crippen molar-refractivity contribution in [1.29, 1.82) is 0 Å². The van der Waals surface area contributed by atoms with Crippen molar-refractivity contribution >= 4 is 21.9 Å². The number of aromatic nitrogens is 3. The maximum atomic E-state index is 14.2. The van der Waals surface area contributed by atoms with E-state index in [9.17, 15) is 13.6 Å². The van der Waals surface area contributed by atoms with Crippen LogP contribution in [-0.2, 0) is 13.0 Å². The number of para-hydroxylation sites is 1. The summed E-state index contributed by atoms with van der Waals surface area (Å²) in [6.07, 6.45) is 0.776. The molecule has 1 N–H and O–H groups in total. The summed E-state index contributed by atoms with van der Waals surface area (Å²) >= 11 is 0. The fourth-order valence-electron chi connectivity index (χ4n) is 3.67. The second kappa shape index (κ2) is 6.86. The van der Waals surface area contributed by atoms with Crippen molar-refractivity contribution in [1.82, 2.24) is 14.5 Å². The molecule has 4 rings (SSSR count). The molecule has 0 bridgehead atoms. The van der Waals surface area contributed by atoms with Crippen molar-refractivity contribution in [3.8, 4) is 0 Å². The molecule has 144 valence electrons. The largest absolute Gasteiger partial charge is 0.323 e. The van der Waals surface area contributed by atoms with Gasteiger partial charge in [0.15, 0.2) is 11.6 Å². The van der Waals surface area contributed by atoms with Crippen molar-refractivity contribution < 1.29 is 8.78 Å². The molecule has 2 aromatic carbocycles. The fraction of sp³-hybridized carbons (Fsp3) is 0.273. The minimum atomic E-state index is -1.04. The predicted octanol–water partition coefficient (Wildman–Crippen LogP) is 4.71. The van der Waals surface area contributed by atoms with Gasteiger partial charge in [0.2, 0.25) is 5.56 Å². The number of benzene rings is 2. The van der Waals surface area contributed by atoms with Gasteiger partial charge in [0.05, 0.1) is 23.1 Å². The molecule has 0 radical (unpaired) electrons. The SMILES string of the molecule is Cc1cccc2c1nc(CC(C)C)n2Cc1cc(=O)[nH]c2c(F)c(F)ccc12. The second-order valence-corrected chi connectivity index (χ2v) is 7.60. The molecule has 28 heavy (non-hydrogen) atoms. The molecule has 6 heteroatoms. The number of imidazole rings is 1. The topological polar surface area (TPSA) is 50.7 Å². The molecule has 2 heterocycles. The van der Waals surface area contributed by atoms with Crippen LogP contribution >= 0.6 is 0 Å². The Morgan fingerprint density at radius 3 is 2.71 bits per heavy atom. The molecule has 4 aromatic rings. The van der Waals surface area contributed by atoms with Gasteiger partial charge < -0.3 is 9.55 Å². The molecule has 0 aliphatic heterocycles. The second-order valence-electron chi connectivity index (χ2n) is 7.60. The van der Waals surface area contributed by atoms with Crippen LogP contribution in [0.25, 0.3) is 21.9 Å². The number of nitrogens with zero attached hydrogens (tertiary/aromatic N) is 2. The molecule has 0 aliphatic rings. The summed E-state index contributed by atoms with van der Waals surface area (Å²) < 4.78 is 29.9. The first-order valence-electron chi connectivity index (χ1n) is 9.29. The van der Waals surface area contributed by atoms with Crippen LogP contribution in [0.2, 0.25) is 0 Å². The first-order chi connectivity index (χ1) is 13.3. The minimum absolute atomic E-state index is 0.103. The number of aryl methyl sites for hydroxylation is 1. The van der Waals surface area contributed by atoms with Gasteiger partial charge in [0.25, 0.3) is 0 Å². The van der Waals surface area contributed by atoms with Crippen LogP contribution in [-0.4, -0.2) is 14.5 Å². The zero-order chi connectivity index (χ0) is 20.0. The Kier molecular flexibility index (Phi) is 4.49. The lowest BCUT2D eigenvalue weighted by molar-refractivity contribution is 0.515. The van der Waals surface area contributed by atoms with Crippen LogP contribution in [0.5, 0.6) is 0 Å². The third-order valence-electron chi connectivity index (χ3n) is 4.97. The third-order valence-corrected chi connectivity index (χ3v) is 4.97. The van der Waals surface area contributed by atoms with Gasteiger partial charge in [0.1, 0.15) is 5.82 Å². The first kappa shape index (κ1) is 18.3. The number of aromatic amines is 1. The predicted molar refractivity (Wildman–Crippen MR) is 107 cm³/mol. The van der Waals surface area contributed by atoms with E-state index in [0.717, 1.165) is 34.9 Å². The van der Waals surface area contributed by atoms with E-state index in [1.54, 1.807) is 0 Å². The van der Waals surface area contributed by atoms with Gasteiger partial charge in [-0.3, -0.25) is 4.79 Å². The summed E-state index contributed by atoms with van der Waals surface area (Å²) in [4.78, 5) is 19.3. The third kappa shape index (κ3) is 3.09. The van der Waals surface area contributed by atoms with Crippen LogP contribution in [0, 0.1) is 24.5 Å². The average Bonchev–Trinajstić information content (AvgIpc) is 2.97. The maximum Gasteiger partial charge on any atom is 0.248 e. The lowest BCUT2D eigenvalue weighted by Gasteiger charge is -2.13. The van der Waals surface area contributed by atoms with E-state index in [0.29, 0.717) is 23.4 Å². The normalized spacial score (nSPS) is 11.8. The highest BCUT2D eigenvalue weighted by Crippen LogP contribution is 2.26. The molecule has 0 saturated heterocycles. The summed E-state index contributed by atoms with van der Waals surface area (Å²) in [6, 6.07) is 10.0. The molecule has 2 aromatic heterocycles. The van der Waals surface area contributed by atoms with Crippen LogP contribution in [0.15, 0.2) is 41.2 Å². The number of H-pyrrole nitrogens is 1. The Morgan fingerprint density at radius 1 is 1.18 bits per heavy atom. The Hall–Kier alpha value is -3.02. The summed E-state index contributed by atoms with van der Waals surface area (Å²) in [7, 11) is 0. The maximum absolute atomic E-state index is 14.2. The number of fused-ring (bicyclic) bond motifs is 2.